The second-order valence-electron chi connectivity index (χ2n) is 8.28. The smallest absolute Gasteiger partial charge is 0.251 e. The van der Waals surface area contributed by atoms with E-state index in [0.717, 1.165) is 17.7 Å². The van der Waals surface area contributed by atoms with E-state index in [2.05, 4.69) is 5.32 Å². The van der Waals surface area contributed by atoms with Crippen molar-refractivity contribution in [2.75, 3.05) is 16.6 Å². The summed E-state index contributed by atoms with van der Waals surface area (Å²) < 4.78 is 32.3. The molecule has 0 radical (unpaired) electrons. The number of ether oxygens (including phenoxy) is 1. The Hall–Kier alpha value is -2.54. The van der Waals surface area contributed by atoms with Gasteiger partial charge in [-0.05, 0) is 51.0 Å². The number of carbonyl (C=O) groups excluding carboxylic acids is 1. The molecule has 7 heteroatoms. The zero-order valence-electron chi connectivity index (χ0n) is 16.7. The zero-order valence-corrected chi connectivity index (χ0v) is 17.5. The van der Waals surface area contributed by atoms with Crippen molar-refractivity contribution in [2.45, 2.75) is 44.8 Å². The Balaban J connectivity index is 1.58. The van der Waals surface area contributed by atoms with Crippen LogP contribution in [0.25, 0.3) is 0 Å². The number of sulfonamides is 1. The van der Waals surface area contributed by atoms with Crippen LogP contribution in [0, 0.1) is 0 Å². The van der Waals surface area contributed by atoms with E-state index < -0.39 is 15.6 Å². The molecule has 4 rings (SSSR count). The van der Waals surface area contributed by atoms with E-state index in [9.17, 15) is 13.2 Å². The van der Waals surface area contributed by atoms with Crippen LogP contribution in [0.15, 0.2) is 48.5 Å². The Morgan fingerprint density at radius 3 is 2.72 bits per heavy atom. The Labute approximate surface area is 171 Å². The molecular weight excluding hydrogens is 388 g/mol. The van der Waals surface area contributed by atoms with E-state index >= 15 is 0 Å². The number of nitrogens with one attached hydrogen (secondary N) is 1. The molecule has 2 aliphatic heterocycles. The lowest BCUT2D eigenvalue weighted by Gasteiger charge is -2.37. The lowest BCUT2D eigenvalue weighted by atomic mass is 9.89. The minimum atomic E-state index is -3.32. The highest BCUT2D eigenvalue weighted by Crippen LogP contribution is 2.39. The molecule has 6 nitrogen and oxygen atoms in total. The van der Waals surface area contributed by atoms with Crippen molar-refractivity contribution in [2.24, 2.45) is 0 Å². The van der Waals surface area contributed by atoms with Gasteiger partial charge in [-0.3, -0.25) is 9.10 Å². The summed E-state index contributed by atoms with van der Waals surface area (Å²) in [5, 5.41) is 3.11. The fourth-order valence-electron chi connectivity index (χ4n) is 4.05. The molecule has 1 atom stereocenters. The Morgan fingerprint density at radius 2 is 1.93 bits per heavy atom. The summed E-state index contributed by atoms with van der Waals surface area (Å²) in [5.41, 5.74) is 1.56. The van der Waals surface area contributed by atoms with E-state index in [0.29, 0.717) is 30.6 Å². The van der Waals surface area contributed by atoms with Gasteiger partial charge in [-0.2, -0.15) is 0 Å². The lowest BCUT2D eigenvalue weighted by Crippen LogP contribution is -2.41. The summed E-state index contributed by atoms with van der Waals surface area (Å²) >= 11 is 0. The number of nitrogens with zero attached hydrogens (tertiary/aromatic N) is 1. The molecule has 2 aliphatic rings. The number of hydrogen-bond donors (Lipinski definition) is 1. The first-order chi connectivity index (χ1) is 13.8. The molecule has 0 bridgehead atoms. The van der Waals surface area contributed by atoms with Crippen LogP contribution in [-0.4, -0.2) is 32.2 Å². The molecule has 2 aromatic rings. The summed E-state index contributed by atoms with van der Waals surface area (Å²) in [6, 6.07) is 14.4. The van der Waals surface area contributed by atoms with Crippen molar-refractivity contribution in [1.29, 1.82) is 0 Å². The summed E-state index contributed by atoms with van der Waals surface area (Å²) in [5.74, 6) is 0.707. The van der Waals surface area contributed by atoms with Gasteiger partial charge < -0.3 is 10.1 Å². The van der Waals surface area contributed by atoms with Gasteiger partial charge in [0.1, 0.15) is 11.4 Å². The molecule has 0 spiro atoms. The second kappa shape index (κ2) is 7.37. The number of hydrogen-bond acceptors (Lipinski definition) is 4. The van der Waals surface area contributed by atoms with Gasteiger partial charge in [-0.15, -0.1) is 0 Å². The number of para-hydroxylation sites is 1. The number of benzene rings is 2. The molecule has 0 aromatic heterocycles. The van der Waals surface area contributed by atoms with Crippen molar-refractivity contribution in [3.63, 3.8) is 0 Å². The second-order valence-corrected chi connectivity index (χ2v) is 10.3. The van der Waals surface area contributed by atoms with Crippen LogP contribution in [0.3, 0.4) is 0 Å². The molecule has 0 unspecified atom stereocenters. The molecule has 1 fully saturated rings. The average molecular weight is 415 g/mol. The molecule has 2 aromatic carbocycles. The predicted molar refractivity (Wildman–Crippen MR) is 113 cm³/mol. The third kappa shape index (κ3) is 4.10. The first-order valence-electron chi connectivity index (χ1n) is 9.94. The molecule has 1 amide bonds. The maximum absolute atomic E-state index is 13.0. The number of anilines is 1. The van der Waals surface area contributed by atoms with Gasteiger partial charge in [-0.1, -0.05) is 24.3 Å². The number of carbonyl (C=O) groups is 1. The zero-order chi connectivity index (χ0) is 20.6. The van der Waals surface area contributed by atoms with Crippen LogP contribution in [0.5, 0.6) is 5.75 Å². The number of amides is 1. The first kappa shape index (κ1) is 19.8. The van der Waals surface area contributed by atoms with E-state index in [1.807, 2.05) is 38.1 Å². The Kier molecular flexibility index (Phi) is 5.02. The highest BCUT2D eigenvalue weighted by atomic mass is 32.2. The van der Waals surface area contributed by atoms with Gasteiger partial charge >= 0.3 is 0 Å². The van der Waals surface area contributed by atoms with Crippen molar-refractivity contribution >= 4 is 21.6 Å². The maximum Gasteiger partial charge on any atom is 0.251 e. The van der Waals surface area contributed by atoms with E-state index in [4.69, 9.17) is 4.74 Å². The third-order valence-corrected chi connectivity index (χ3v) is 7.30. The summed E-state index contributed by atoms with van der Waals surface area (Å²) in [7, 11) is -3.32. The van der Waals surface area contributed by atoms with Crippen LogP contribution in [0.4, 0.5) is 5.69 Å². The quantitative estimate of drug-likeness (QED) is 0.832. The molecule has 1 saturated heterocycles. The van der Waals surface area contributed by atoms with Gasteiger partial charge in [0.2, 0.25) is 10.0 Å². The molecule has 1 N–H and O–H groups in total. The number of fused-ring (bicyclic) bond motifs is 1. The van der Waals surface area contributed by atoms with Gasteiger partial charge in [0.25, 0.3) is 5.91 Å². The number of rotatable bonds is 3. The maximum atomic E-state index is 13.0. The largest absolute Gasteiger partial charge is 0.487 e. The first-order valence-corrected chi connectivity index (χ1v) is 11.6. The van der Waals surface area contributed by atoms with Gasteiger partial charge in [-0.25, -0.2) is 8.42 Å². The third-order valence-electron chi connectivity index (χ3n) is 5.43. The van der Waals surface area contributed by atoms with E-state index in [-0.39, 0.29) is 17.7 Å². The highest BCUT2D eigenvalue weighted by molar-refractivity contribution is 7.92. The monoisotopic (exact) mass is 414 g/mol. The van der Waals surface area contributed by atoms with Crippen molar-refractivity contribution in [1.82, 2.24) is 5.32 Å². The topological polar surface area (TPSA) is 75.7 Å². The SMILES string of the molecule is CC1(C)C[C@H](NC(=O)c2cccc(N3CCCCS3(=O)=O)c2)c2ccccc2O1. The van der Waals surface area contributed by atoms with Gasteiger partial charge in [0.05, 0.1) is 17.5 Å². The minimum absolute atomic E-state index is 0.150. The van der Waals surface area contributed by atoms with Gasteiger partial charge in [0, 0.05) is 24.1 Å². The minimum Gasteiger partial charge on any atom is -0.487 e. The highest BCUT2D eigenvalue weighted by Gasteiger charge is 2.34. The lowest BCUT2D eigenvalue weighted by molar-refractivity contribution is 0.0619. The van der Waals surface area contributed by atoms with Crippen LogP contribution in [0.2, 0.25) is 0 Å². The standard InChI is InChI=1S/C22H26N2O4S/c1-22(2)15-19(18-10-3-4-11-20(18)28-22)23-21(25)16-8-7-9-17(14-16)24-12-5-6-13-29(24,26)27/h3-4,7-11,14,19H,5-6,12-13,15H2,1-2H3,(H,23,25)/t19-/m0/s1. The van der Waals surface area contributed by atoms with E-state index in [1.54, 1.807) is 24.3 Å². The van der Waals surface area contributed by atoms with Crippen molar-refractivity contribution in [3.05, 3.63) is 59.7 Å². The molecular formula is C22H26N2O4S. The summed E-state index contributed by atoms with van der Waals surface area (Å²) in [4.78, 5) is 13.0. The van der Waals surface area contributed by atoms with Crippen LogP contribution in [-0.2, 0) is 10.0 Å². The molecule has 29 heavy (non-hydrogen) atoms. The average Bonchev–Trinajstić information content (AvgIpc) is 2.67. The molecule has 0 aliphatic carbocycles. The molecule has 0 saturated carbocycles. The molecule has 2 heterocycles. The Morgan fingerprint density at radius 1 is 1.14 bits per heavy atom. The fraction of sp³-hybridized carbons (Fsp3) is 0.409. The van der Waals surface area contributed by atoms with Crippen molar-refractivity contribution < 1.29 is 17.9 Å². The predicted octanol–water partition coefficient (Wildman–Crippen LogP) is 3.65. The normalized spacial score (nSPS) is 22.3. The van der Waals surface area contributed by atoms with Crippen LogP contribution < -0.4 is 14.4 Å². The summed E-state index contributed by atoms with van der Waals surface area (Å²) in [6.45, 7) is 4.46. The molecule has 154 valence electrons. The van der Waals surface area contributed by atoms with Crippen LogP contribution >= 0.6 is 0 Å². The van der Waals surface area contributed by atoms with Crippen LogP contribution in [0.1, 0.15) is 55.1 Å². The fourth-order valence-corrected chi connectivity index (χ4v) is 5.69. The summed E-state index contributed by atoms with van der Waals surface area (Å²) in [6.07, 6.45) is 2.15. The van der Waals surface area contributed by atoms with E-state index in [1.165, 1.54) is 4.31 Å². The Bertz CT molecular complexity index is 1030. The van der Waals surface area contributed by atoms with Gasteiger partial charge in [0.15, 0.2) is 0 Å². The van der Waals surface area contributed by atoms with Crippen molar-refractivity contribution in [3.8, 4) is 5.75 Å².